The molecule has 1 aliphatic rings. The largest absolute Gasteiger partial charge is 0.316 e. The predicted molar refractivity (Wildman–Crippen MR) is 77.9 cm³/mol. The summed E-state index contributed by atoms with van der Waals surface area (Å²) in [6.07, 6.45) is 11.3. The zero-order valence-corrected chi connectivity index (χ0v) is 12.4. The molecule has 0 aliphatic heterocycles. The number of hydrogen-bond donors (Lipinski definition) is 1. The van der Waals surface area contributed by atoms with Gasteiger partial charge in [0.05, 0.1) is 5.69 Å². The summed E-state index contributed by atoms with van der Waals surface area (Å²) in [5.74, 6) is 1.60. The maximum absolute atomic E-state index is 4.26. The lowest BCUT2D eigenvalue weighted by Crippen LogP contribution is -2.29. The van der Waals surface area contributed by atoms with Crippen LogP contribution >= 0.6 is 0 Å². The van der Waals surface area contributed by atoms with Gasteiger partial charge in [-0.05, 0) is 50.6 Å². The van der Waals surface area contributed by atoms with Crippen LogP contribution in [0.1, 0.15) is 51.1 Å². The SMILES string of the molecule is CCCNCC1CCCCCC1Cc1cn(C)nn1. The van der Waals surface area contributed by atoms with Crippen LogP contribution in [-0.4, -0.2) is 28.1 Å². The van der Waals surface area contributed by atoms with Gasteiger partial charge in [0, 0.05) is 13.2 Å². The van der Waals surface area contributed by atoms with Gasteiger partial charge >= 0.3 is 0 Å². The summed E-state index contributed by atoms with van der Waals surface area (Å²) in [6, 6.07) is 0. The quantitative estimate of drug-likeness (QED) is 0.634. The highest BCUT2D eigenvalue weighted by Gasteiger charge is 2.24. The summed E-state index contributed by atoms with van der Waals surface area (Å²) in [5, 5.41) is 11.9. The standard InChI is InChI=1S/C15H28N4/c1-3-9-16-11-14-8-6-4-5-7-13(14)10-15-12-19(2)18-17-15/h12-14,16H,3-11H2,1-2H3. The number of rotatable bonds is 6. The molecule has 1 aromatic heterocycles. The van der Waals surface area contributed by atoms with Crippen LogP contribution in [0.3, 0.4) is 0 Å². The van der Waals surface area contributed by atoms with E-state index in [2.05, 4.69) is 28.7 Å². The van der Waals surface area contributed by atoms with Crippen molar-refractivity contribution in [2.75, 3.05) is 13.1 Å². The van der Waals surface area contributed by atoms with Crippen molar-refractivity contribution in [3.63, 3.8) is 0 Å². The van der Waals surface area contributed by atoms with E-state index in [4.69, 9.17) is 0 Å². The molecule has 0 saturated heterocycles. The van der Waals surface area contributed by atoms with Gasteiger partial charge in [0.15, 0.2) is 0 Å². The van der Waals surface area contributed by atoms with E-state index in [1.807, 2.05) is 11.7 Å². The highest BCUT2D eigenvalue weighted by atomic mass is 15.4. The fourth-order valence-electron chi connectivity index (χ4n) is 3.22. The molecule has 1 aromatic rings. The number of aryl methyl sites for hydroxylation is 1. The Bertz CT molecular complexity index is 361. The summed E-state index contributed by atoms with van der Waals surface area (Å²) in [7, 11) is 1.95. The van der Waals surface area contributed by atoms with Crippen LogP contribution in [0, 0.1) is 11.8 Å². The third-order valence-corrected chi connectivity index (χ3v) is 4.27. The number of aromatic nitrogens is 3. The lowest BCUT2D eigenvalue weighted by atomic mass is 9.84. The Kier molecular flexibility index (Phi) is 5.83. The molecule has 4 nitrogen and oxygen atoms in total. The van der Waals surface area contributed by atoms with Crippen molar-refractivity contribution in [3.05, 3.63) is 11.9 Å². The molecule has 1 fully saturated rings. The molecular weight excluding hydrogens is 236 g/mol. The Morgan fingerprint density at radius 1 is 1.26 bits per heavy atom. The predicted octanol–water partition coefficient (Wildman–Crippen LogP) is 2.55. The zero-order chi connectivity index (χ0) is 13.5. The van der Waals surface area contributed by atoms with Crippen LogP contribution in [0.2, 0.25) is 0 Å². The number of nitrogens with zero attached hydrogens (tertiary/aromatic N) is 3. The fraction of sp³-hybridized carbons (Fsp3) is 0.867. The molecule has 0 aromatic carbocycles. The molecule has 0 amide bonds. The molecule has 1 aliphatic carbocycles. The molecular formula is C15H28N4. The van der Waals surface area contributed by atoms with Crippen molar-refractivity contribution in [1.29, 1.82) is 0 Å². The number of nitrogens with one attached hydrogen (secondary N) is 1. The van der Waals surface area contributed by atoms with Crippen LogP contribution in [-0.2, 0) is 13.5 Å². The average molecular weight is 264 g/mol. The monoisotopic (exact) mass is 264 g/mol. The molecule has 1 saturated carbocycles. The summed E-state index contributed by atoms with van der Waals surface area (Å²) in [5.41, 5.74) is 1.16. The molecule has 0 radical (unpaired) electrons. The molecule has 4 heteroatoms. The summed E-state index contributed by atoms with van der Waals surface area (Å²) in [6.45, 7) is 4.56. The van der Waals surface area contributed by atoms with Crippen molar-refractivity contribution in [2.24, 2.45) is 18.9 Å². The van der Waals surface area contributed by atoms with Crippen LogP contribution < -0.4 is 5.32 Å². The molecule has 1 N–H and O–H groups in total. The first-order valence-electron chi connectivity index (χ1n) is 7.85. The van der Waals surface area contributed by atoms with Gasteiger partial charge in [0.1, 0.15) is 0 Å². The van der Waals surface area contributed by atoms with E-state index in [1.165, 1.54) is 45.1 Å². The smallest absolute Gasteiger partial charge is 0.0829 e. The Balaban J connectivity index is 1.92. The van der Waals surface area contributed by atoms with Crippen molar-refractivity contribution >= 4 is 0 Å². The third kappa shape index (κ3) is 4.60. The van der Waals surface area contributed by atoms with E-state index in [1.54, 1.807) is 0 Å². The molecule has 19 heavy (non-hydrogen) atoms. The minimum atomic E-state index is 0.781. The molecule has 0 bridgehead atoms. The first-order valence-corrected chi connectivity index (χ1v) is 7.85. The summed E-state index contributed by atoms with van der Waals surface area (Å²) in [4.78, 5) is 0. The van der Waals surface area contributed by atoms with Crippen molar-refractivity contribution in [1.82, 2.24) is 20.3 Å². The maximum atomic E-state index is 4.26. The molecule has 1 heterocycles. The van der Waals surface area contributed by atoms with Gasteiger partial charge in [-0.25, -0.2) is 0 Å². The third-order valence-electron chi connectivity index (χ3n) is 4.27. The summed E-state index contributed by atoms with van der Waals surface area (Å²) >= 11 is 0. The Morgan fingerprint density at radius 2 is 2.05 bits per heavy atom. The highest BCUT2D eigenvalue weighted by molar-refractivity contribution is 4.95. The molecule has 0 spiro atoms. The Morgan fingerprint density at radius 3 is 2.74 bits per heavy atom. The normalized spacial score (nSPS) is 24.3. The van der Waals surface area contributed by atoms with Gasteiger partial charge in [-0.3, -0.25) is 4.68 Å². The topological polar surface area (TPSA) is 42.7 Å². The second-order valence-corrected chi connectivity index (χ2v) is 5.95. The van der Waals surface area contributed by atoms with Crippen LogP contribution in [0.4, 0.5) is 0 Å². The zero-order valence-electron chi connectivity index (χ0n) is 12.4. The van der Waals surface area contributed by atoms with Gasteiger partial charge < -0.3 is 5.32 Å². The van der Waals surface area contributed by atoms with Gasteiger partial charge in [0.2, 0.25) is 0 Å². The first-order chi connectivity index (χ1) is 9.29. The second kappa shape index (κ2) is 7.63. The van der Waals surface area contributed by atoms with Crippen LogP contribution in [0.25, 0.3) is 0 Å². The molecule has 2 unspecified atom stereocenters. The van der Waals surface area contributed by atoms with E-state index < -0.39 is 0 Å². The average Bonchev–Trinajstić information content (AvgIpc) is 2.68. The minimum absolute atomic E-state index is 0.781. The summed E-state index contributed by atoms with van der Waals surface area (Å²) < 4.78 is 1.82. The maximum Gasteiger partial charge on any atom is 0.0829 e. The molecule has 2 rings (SSSR count). The second-order valence-electron chi connectivity index (χ2n) is 5.95. The van der Waals surface area contributed by atoms with Gasteiger partial charge in [-0.1, -0.05) is 31.4 Å². The molecule has 108 valence electrons. The van der Waals surface area contributed by atoms with E-state index in [0.29, 0.717) is 0 Å². The van der Waals surface area contributed by atoms with Crippen molar-refractivity contribution in [3.8, 4) is 0 Å². The van der Waals surface area contributed by atoms with E-state index in [9.17, 15) is 0 Å². The van der Waals surface area contributed by atoms with E-state index in [-0.39, 0.29) is 0 Å². The Labute approximate surface area is 117 Å². The lowest BCUT2D eigenvalue weighted by molar-refractivity contribution is 0.296. The van der Waals surface area contributed by atoms with Crippen molar-refractivity contribution < 1.29 is 0 Å². The Hall–Kier alpha value is -0.900. The number of hydrogen-bond acceptors (Lipinski definition) is 3. The minimum Gasteiger partial charge on any atom is -0.316 e. The van der Waals surface area contributed by atoms with Gasteiger partial charge in [0.25, 0.3) is 0 Å². The fourth-order valence-corrected chi connectivity index (χ4v) is 3.22. The molecule has 2 atom stereocenters. The van der Waals surface area contributed by atoms with E-state index >= 15 is 0 Å². The van der Waals surface area contributed by atoms with E-state index in [0.717, 1.165) is 30.5 Å². The van der Waals surface area contributed by atoms with Crippen molar-refractivity contribution in [2.45, 2.75) is 51.9 Å². The van der Waals surface area contributed by atoms with Crippen LogP contribution in [0.5, 0.6) is 0 Å². The lowest BCUT2D eigenvalue weighted by Gasteiger charge is -2.24. The van der Waals surface area contributed by atoms with Gasteiger partial charge in [-0.15, -0.1) is 5.10 Å². The van der Waals surface area contributed by atoms with Crippen LogP contribution in [0.15, 0.2) is 6.20 Å². The first kappa shape index (κ1) is 14.5. The highest BCUT2D eigenvalue weighted by Crippen LogP contribution is 2.30. The van der Waals surface area contributed by atoms with Gasteiger partial charge in [-0.2, -0.15) is 0 Å².